The van der Waals surface area contributed by atoms with Crippen LogP contribution >= 0.6 is 11.8 Å². The first-order chi connectivity index (χ1) is 7.25. The molecule has 15 heavy (non-hydrogen) atoms. The normalized spacial score (nSPS) is 12.7. The lowest BCUT2D eigenvalue weighted by molar-refractivity contribution is 0.200. The maximum atomic E-state index is 5.87. The number of nitrogens with zero attached hydrogens (tertiary/aromatic N) is 1. The van der Waals surface area contributed by atoms with Crippen LogP contribution in [0, 0.1) is 0 Å². The maximum Gasteiger partial charge on any atom is 0.101 e. The molecule has 0 saturated heterocycles. The van der Waals surface area contributed by atoms with Crippen LogP contribution in [-0.4, -0.2) is 24.5 Å². The molecule has 1 atom stereocenters. The number of hydrogen-bond donors (Lipinski definition) is 1. The predicted octanol–water partition coefficient (Wildman–Crippen LogP) is 2.23. The molecule has 0 amide bonds. The summed E-state index contributed by atoms with van der Waals surface area (Å²) < 4.78 is 5.00. The highest BCUT2D eigenvalue weighted by molar-refractivity contribution is 7.99. The first-order valence-electron chi connectivity index (χ1n) is 5.08. The Kier molecular flexibility index (Phi) is 5.68. The molecular formula is C11H18N2OS. The van der Waals surface area contributed by atoms with Crippen molar-refractivity contribution in [3.8, 4) is 0 Å². The topological polar surface area (TPSA) is 48.1 Å². The molecule has 3 nitrogen and oxygen atoms in total. The minimum atomic E-state index is 0.0450. The molecule has 0 radical (unpaired) electrons. The average Bonchev–Trinajstić information content (AvgIpc) is 2.25. The third-order valence-corrected chi connectivity index (χ3v) is 3.13. The first-order valence-corrected chi connectivity index (χ1v) is 6.06. The lowest BCUT2D eigenvalue weighted by Gasteiger charge is -2.10. The van der Waals surface area contributed by atoms with Gasteiger partial charge in [-0.2, -0.15) is 0 Å². The van der Waals surface area contributed by atoms with Crippen molar-refractivity contribution in [2.45, 2.75) is 24.4 Å². The zero-order valence-electron chi connectivity index (χ0n) is 9.27. The smallest absolute Gasteiger partial charge is 0.101 e. The molecule has 84 valence electrons. The Morgan fingerprint density at radius 2 is 2.40 bits per heavy atom. The fourth-order valence-corrected chi connectivity index (χ4v) is 2.25. The second-order valence-corrected chi connectivity index (χ2v) is 4.46. The Labute approximate surface area is 95.4 Å². The van der Waals surface area contributed by atoms with Gasteiger partial charge in [0.15, 0.2) is 0 Å². The highest BCUT2D eigenvalue weighted by Crippen LogP contribution is 2.24. The van der Waals surface area contributed by atoms with Crippen molar-refractivity contribution in [3.63, 3.8) is 0 Å². The highest BCUT2D eigenvalue weighted by atomic mass is 32.2. The molecule has 0 aliphatic heterocycles. The largest absolute Gasteiger partial charge is 0.385 e. The van der Waals surface area contributed by atoms with E-state index < -0.39 is 0 Å². The summed E-state index contributed by atoms with van der Waals surface area (Å²) >= 11 is 1.74. The predicted molar refractivity (Wildman–Crippen MR) is 64.1 cm³/mol. The zero-order chi connectivity index (χ0) is 11.1. The Morgan fingerprint density at radius 3 is 3.07 bits per heavy atom. The Bertz CT molecular complexity index is 292. The molecule has 1 unspecified atom stereocenters. The van der Waals surface area contributed by atoms with Gasteiger partial charge in [-0.25, -0.2) is 4.98 Å². The number of hydrogen-bond acceptors (Lipinski definition) is 4. The summed E-state index contributed by atoms with van der Waals surface area (Å²) in [7, 11) is 1.72. The fraction of sp³-hybridized carbons (Fsp3) is 0.545. The van der Waals surface area contributed by atoms with Gasteiger partial charge in [-0.15, -0.1) is 11.8 Å². The van der Waals surface area contributed by atoms with Crippen LogP contribution in [0.4, 0.5) is 0 Å². The third-order valence-electron chi connectivity index (χ3n) is 2.02. The Hall–Kier alpha value is -0.580. The SMILES string of the molecule is COCCCSc1ncccc1C(C)N. The number of aromatic nitrogens is 1. The summed E-state index contributed by atoms with van der Waals surface area (Å²) in [5.74, 6) is 1.02. The molecule has 0 spiro atoms. The van der Waals surface area contributed by atoms with E-state index in [0.29, 0.717) is 0 Å². The van der Waals surface area contributed by atoms with Gasteiger partial charge in [-0.05, 0) is 19.4 Å². The van der Waals surface area contributed by atoms with E-state index >= 15 is 0 Å². The summed E-state index contributed by atoms with van der Waals surface area (Å²) in [6.45, 7) is 2.78. The van der Waals surface area contributed by atoms with Crippen LogP contribution in [0.15, 0.2) is 23.4 Å². The molecule has 1 aromatic heterocycles. The Morgan fingerprint density at radius 1 is 1.60 bits per heavy atom. The van der Waals surface area contributed by atoms with E-state index in [1.165, 1.54) is 0 Å². The third kappa shape index (κ3) is 4.20. The van der Waals surface area contributed by atoms with E-state index in [0.717, 1.165) is 29.4 Å². The molecule has 1 heterocycles. The van der Waals surface area contributed by atoms with Crippen molar-refractivity contribution in [1.29, 1.82) is 0 Å². The fourth-order valence-electron chi connectivity index (χ4n) is 1.24. The highest BCUT2D eigenvalue weighted by Gasteiger charge is 2.07. The van der Waals surface area contributed by atoms with Gasteiger partial charge in [0.2, 0.25) is 0 Å². The van der Waals surface area contributed by atoms with E-state index in [9.17, 15) is 0 Å². The molecular weight excluding hydrogens is 208 g/mol. The molecule has 4 heteroatoms. The summed E-state index contributed by atoms with van der Waals surface area (Å²) in [6.07, 6.45) is 2.85. The number of rotatable bonds is 6. The second-order valence-electron chi connectivity index (χ2n) is 3.38. The van der Waals surface area contributed by atoms with Crippen molar-refractivity contribution < 1.29 is 4.74 Å². The van der Waals surface area contributed by atoms with Gasteiger partial charge in [0, 0.05) is 37.3 Å². The van der Waals surface area contributed by atoms with Gasteiger partial charge in [0.1, 0.15) is 5.03 Å². The van der Waals surface area contributed by atoms with E-state index in [4.69, 9.17) is 10.5 Å². The molecule has 1 aromatic rings. The lowest BCUT2D eigenvalue weighted by Crippen LogP contribution is -2.07. The van der Waals surface area contributed by atoms with E-state index in [2.05, 4.69) is 4.98 Å². The van der Waals surface area contributed by atoms with Crippen LogP contribution in [0.2, 0.25) is 0 Å². The quantitative estimate of drug-likeness (QED) is 0.597. The molecule has 0 aliphatic rings. The van der Waals surface area contributed by atoms with Crippen molar-refractivity contribution in [1.82, 2.24) is 4.98 Å². The van der Waals surface area contributed by atoms with Crippen molar-refractivity contribution in [3.05, 3.63) is 23.9 Å². The number of nitrogens with two attached hydrogens (primary N) is 1. The van der Waals surface area contributed by atoms with Crippen LogP contribution < -0.4 is 5.73 Å². The molecule has 1 rings (SSSR count). The molecule has 0 bridgehead atoms. The van der Waals surface area contributed by atoms with Gasteiger partial charge >= 0.3 is 0 Å². The monoisotopic (exact) mass is 226 g/mol. The lowest BCUT2D eigenvalue weighted by atomic mass is 10.2. The number of methoxy groups -OCH3 is 1. The van der Waals surface area contributed by atoms with E-state index in [-0.39, 0.29) is 6.04 Å². The molecule has 0 fully saturated rings. The zero-order valence-corrected chi connectivity index (χ0v) is 10.1. The minimum absolute atomic E-state index is 0.0450. The summed E-state index contributed by atoms with van der Waals surface area (Å²) in [6, 6.07) is 4.01. The molecule has 2 N–H and O–H groups in total. The number of thioether (sulfide) groups is 1. The van der Waals surface area contributed by atoms with Crippen LogP contribution in [0.25, 0.3) is 0 Å². The van der Waals surface area contributed by atoms with Gasteiger partial charge in [-0.3, -0.25) is 0 Å². The second kappa shape index (κ2) is 6.82. The van der Waals surface area contributed by atoms with Crippen molar-refractivity contribution in [2.24, 2.45) is 5.73 Å². The van der Waals surface area contributed by atoms with E-state index in [1.807, 2.05) is 25.3 Å². The minimum Gasteiger partial charge on any atom is -0.385 e. The molecule has 0 aromatic carbocycles. The number of pyridine rings is 1. The molecule has 0 saturated carbocycles. The summed E-state index contributed by atoms with van der Waals surface area (Å²) in [5, 5.41) is 1.05. The standard InChI is InChI=1S/C11H18N2OS/c1-9(12)10-5-3-6-13-11(10)15-8-4-7-14-2/h3,5-6,9H,4,7-8,12H2,1-2H3. The van der Waals surface area contributed by atoms with Crippen LogP contribution in [-0.2, 0) is 4.74 Å². The van der Waals surface area contributed by atoms with Crippen LogP contribution in [0.1, 0.15) is 24.9 Å². The van der Waals surface area contributed by atoms with Gasteiger partial charge in [0.05, 0.1) is 0 Å². The Balaban J connectivity index is 2.52. The van der Waals surface area contributed by atoms with Gasteiger partial charge in [-0.1, -0.05) is 6.07 Å². The summed E-state index contributed by atoms with van der Waals surface area (Å²) in [4.78, 5) is 4.34. The van der Waals surface area contributed by atoms with Crippen molar-refractivity contribution in [2.75, 3.05) is 19.5 Å². The van der Waals surface area contributed by atoms with Crippen LogP contribution in [0.3, 0.4) is 0 Å². The maximum absolute atomic E-state index is 5.87. The van der Waals surface area contributed by atoms with Gasteiger partial charge < -0.3 is 10.5 Å². The van der Waals surface area contributed by atoms with Crippen molar-refractivity contribution >= 4 is 11.8 Å². The van der Waals surface area contributed by atoms with Crippen LogP contribution in [0.5, 0.6) is 0 Å². The van der Waals surface area contributed by atoms with Gasteiger partial charge in [0.25, 0.3) is 0 Å². The summed E-state index contributed by atoms with van der Waals surface area (Å²) in [5.41, 5.74) is 6.99. The average molecular weight is 226 g/mol. The molecule has 0 aliphatic carbocycles. The van der Waals surface area contributed by atoms with E-state index in [1.54, 1.807) is 18.9 Å². The first kappa shape index (κ1) is 12.5. The number of ether oxygens (including phenoxy) is 1.